The minimum Gasteiger partial charge on any atom is -0.478 e. The summed E-state index contributed by atoms with van der Waals surface area (Å²) in [6.45, 7) is 0. The molecule has 0 atom stereocenters. The number of pyridine rings is 1. The standard InChI is InChI=1S/C12H7BrN2O4S/c13-9-2-1-7(5-8(9)12(16)17)20-11-3-4-14-6-10(11)15(18)19/h1-6H,(H,16,17). The number of carboxylic acids is 1. The number of benzene rings is 1. The number of carbonyl (C=O) groups is 1. The summed E-state index contributed by atoms with van der Waals surface area (Å²) >= 11 is 4.26. The van der Waals surface area contributed by atoms with Crippen LogP contribution in [0.5, 0.6) is 0 Å². The summed E-state index contributed by atoms with van der Waals surface area (Å²) in [4.78, 5) is 26.1. The Morgan fingerprint density at radius 3 is 2.80 bits per heavy atom. The van der Waals surface area contributed by atoms with E-state index in [4.69, 9.17) is 5.11 Å². The van der Waals surface area contributed by atoms with E-state index in [2.05, 4.69) is 20.9 Å². The van der Waals surface area contributed by atoms with E-state index in [1.165, 1.54) is 24.5 Å². The summed E-state index contributed by atoms with van der Waals surface area (Å²) in [5.74, 6) is -1.07. The van der Waals surface area contributed by atoms with Crippen molar-refractivity contribution in [2.75, 3.05) is 0 Å². The zero-order chi connectivity index (χ0) is 14.7. The molecule has 1 N–H and O–H groups in total. The van der Waals surface area contributed by atoms with Crippen LogP contribution in [0.2, 0.25) is 0 Å². The average Bonchev–Trinajstić information content (AvgIpc) is 2.41. The van der Waals surface area contributed by atoms with Crippen LogP contribution in [0.4, 0.5) is 5.69 Å². The van der Waals surface area contributed by atoms with E-state index in [0.717, 1.165) is 11.8 Å². The van der Waals surface area contributed by atoms with Crippen molar-refractivity contribution in [1.29, 1.82) is 0 Å². The van der Waals surface area contributed by atoms with Gasteiger partial charge in [-0.2, -0.15) is 0 Å². The van der Waals surface area contributed by atoms with Gasteiger partial charge in [0.2, 0.25) is 0 Å². The van der Waals surface area contributed by atoms with Crippen LogP contribution in [0, 0.1) is 10.1 Å². The topological polar surface area (TPSA) is 93.3 Å². The number of rotatable bonds is 4. The molecular weight excluding hydrogens is 348 g/mol. The predicted octanol–water partition coefficient (Wildman–Crippen LogP) is 3.60. The van der Waals surface area contributed by atoms with E-state index >= 15 is 0 Å². The Hall–Kier alpha value is -1.93. The third-order valence-corrected chi connectivity index (χ3v) is 4.10. The monoisotopic (exact) mass is 354 g/mol. The Morgan fingerprint density at radius 2 is 2.15 bits per heavy atom. The summed E-state index contributed by atoms with van der Waals surface area (Å²) < 4.78 is 0.457. The molecule has 0 aliphatic carbocycles. The molecule has 0 radical (unpaired) electrons. The lowest BCUT2D eigenvalue weighted by atomic mass is 10.2. The predicted molar refractivity (Wildman–Crippen MR) is 76.1 cm³/mol. The fourth-order valence-corrected chi connectivity index (χ4v) is 2.80. The molecule has 8 heteroatoms. The van der Waals surface area contributed by atoms with E-state index in [0.29, 0.717) is 14.3 Å². The zero-order valence-electron chi connectivity index (χ0n) is 9.82. The van der Waals surface area contributed by atoms with Gasteiger partial charge in [0.15, 0.2) is 0 Å². The molecule has 0 spiro atoms. The third kappa shape index (κ3) is 3.14. The van der Waals surface area contributed by atoms with E-state index < -0.39 is 10.9 Å². The second-order valence-electron chi connectivity index (χ2n) is 3.65. The summed E-state index contributed by atoms with van der Waals surface area (Å²) in [6, 6.07) is 6.26. The third-order valence-electron chi connectivity index (χ3n) is 2.35. The molecule has 0 fully saturated rings. The Labute approximate surface area is 126 Å². The van der Waals surface area contributed by atoms with E-state index in [9.17, 15) is 14.9 Å². The number of carboxylic acid groups (broad SMARTS) is 1. The first-order valence-corrected chi connectivity index (χ1v) is 6.89. The molecule has 1 aromatic carbocycles. The molecule has 2 rings (SSSR count). The number of halogens is 1. The van der Waals surface area contributed by atoms with E-state index in [1.807, 2.05) is 0 Å². The Kier molecular flexibility index (Phi) is 4.35. The van der Waals surface area contributed by atoms with Crippen molar-refractivity contribution in [3.05, 3.63) is 56.8 Å². The van der Waals surface area contributed by atoms with Gasteiger partial charge in [0, 0.05) is 15.6 Å². The molecular formula is C12H7BrN2O4S. The molecule has 102 valence electrons. The van der Waals surface area contributed by atoms with Gasteiger partial charge in [-0.15, -0.1) is 0 Å². The normalized spacial score (nSPS) is 10.2. The van der Waals surface area contributed by atoms with Crippen LogP contribution in [0.3, 0.4) is 0 Å². The highest BCUT2D eigenvalue weighted by atomic mass is 79.9. The number of hydrogen-bond acceptors (Lipinski definition) is 5. The summed E-state index contributed by atoms with van der Waals surface area (Å²) in [7, 11) is 0. The summed E-state index contributed by atoms with van der Waals surface area (Å²) in [6.07, 6.45) is 2.62. The van der Waals surface area contributed by atoms with Gasteiger partial charge in [-0.1, -0.05) is 11.8 Å². The largest absolute Gasteiger partial charge is 0.478 e. The maximum absolute atomic E-state index is 11.0. The maximum Gasteiger partial charge on any atom is 0.336 e. The highest BCUT2D eigenvalue weighted by molar-refractivity contribution is 9.10. The highest BCUT2D eigenvalue weighted by Gasteiger charge is 2.16. The fourth-order valence-electron chi connectivity index (χ4n) is 1.46. The van der Waals surface area contributed by atoms with Crippen molar-refractivity contribution in [3.8, 4) is 0 Å². The Morgan fingerprint density at radius 1 is 1.40 bits per heavy atom. The van der Waals surface area contributed by atoms with Crippen LogP contribution in [-0.4, -0.2) is 21.0 Å². The average molecular weight is 355 g/mol. The molecule has 0 unspecified atom stereocenters. The number of aromatic carboxylic acids is 1. The van der Waals surface area contributed by atoms with Crippen LogP contribution in [0.15, 0.2) is 50.9 Å². The Bertz CT molecular complexity index is 693. The van der Waals surface area contributed by atoms with Gasteiger partial charge in [0.05, 0.1) is 15.4 Å². The van der Waals surface area contributed by atoms with Crippen molar-refractivity contribution in [1.82, 2.24) is 4.98 Å². The molecule has 1 aromatic heterocycles. The van der Waals surface area contributed by atoms with Crippen molar-refractivity contribution in [2.24, 2.45) is 0 Å². The summed E-state index contributed by atoms with van der Waals surface area (Å²) in [5, 5.41) is 19.9. The number of hydrogen-bond donors (Lipinski definition) is 1. The highest BCUT2D eigenvalue weighted by Crippen LogP contribution is 2.35. The molecule has 0 aliphatic rings. The van der Waals surface area contributed by atoms with Crippen LogP contribution in [0.25, 0.3) is 0 Å². The quantitative estimate of drug-likeness (QED) is 0.665. The van der Waals surface area contributed by atoms with Crippen molar-refractivity contribution < 1.29 is 14.8 Å². The van der Waals surface area contributed by atoms with E-state index in [-0.39, 0.29) is 11.3 Å². The van der Waals surface area contributed by atoms with Gasteiger partial charge in [0.25, 0.3) is 0 Å². The molecule has 0 amide bonds. The first kappa shape index (κ1) is 14.5. The molecule has 1 heterocycles. The fraction of sp³-hybridized carbons (Fsp3) is 0. The molecule has 0 saturated heterocycles. The van der Waals surface area contributed by atoms with Gasteiger partial charge in [0.1, 0.15) is 6.20 Å². The second kappa shape index (κ2) is 6.02. The van der Waals surface area contributed by atoms with E-state index in [1.54, 1.807) is 12.1 Å². The van der Waals surface area contributed by atoms with Crippen LogP contribution in [-0.2, 0) is 0 Å². The molecule has 0 bridgehead atoms. The Balaban J connectivity index is 2.38. The van der Waals surface area contributed by atoms with Gasteiger partial charge in [-0.05, 0) is 40.2 Å². The molecule has 2 aromatic rings. The van der Waals surface area contributed by atoms with Crippen LogP contribution in [0.1, 0.15) is 10.4 Å². The van der Waals surface area contributed by atoms with Crippen molar-refractivity contribution in [3.63, 3.8) is 0 Å². The van der Waals surface area contributed by atoms with Crippen molar-refractivity contribution >= 4 is 39.3 Å². The lowest BCUT2D eigenvalue weighted by Crippen LogP contribution is -1.97. The molecule has 6 nitrogen and oxygen atoms in total. The van der Waals surface area contributed by atoms with Gasteiger partial charge >= 0.3 is 11.7 Å². The molecule has 0 aliphatic heterocycles. The first-order valence-electron chi connectivity index (χ1n) is 5.28. The van der Waals surface area contributed by atoms with Gasteiger partial charge < -0.3 is 5.11 Å². The van der Waals surface area contributed by atoms with Crippen LogP contribution >= 0.6 is 27.7 Å². The summed E-state index contributed by atoms with van der Waals surface area (Å²) in [5.41, 5.74) is -0.0102. The van der Waals surface area contributed by atoms with Crippen molar-refractivity contribution in [2.45, 2.75) is 9.79 Å². The maximum atomic E-state index is 11.0. The van der Waals surface area contributed by atoms with Gasteiger partial charge in [-0.25, -0.2) is 4.79 Å². The second-order valence-corrected chi connectivity index (χ2v) is 5.62. The molecule has 0 saturated carbocycles. The van der Waals surface area contributed by atoms with Crippen LogP contribution < -0.4 is 0 Å². The number of aromatic nitrogens is 1. The smallest absolute Gasteiger partial charge is 0.336 e. The lowest BCUT2D eigenvalue weighted by Gasteiger charge is -2.05. The minimum atomic E-state index is -1.07. The number of nitro groups is 1. The first-order chi connectivity index (χ1) is 9.49. The zero-order valence-corrected chi connectivity index (χ0v) is 12.2. The minimum absolute atomic E-state index is 0.103. The lowest BCUT2D eigenvalue weighted by molar-refractivity contribution is -0.388. The molecule has 20 heavy (non-hydrogen) atoms. The van der Waals surface area contributed by atoms with Gasteiger partial charge in [-0.3, -0.25) is 15.1 Å². The number of nitrogens with zero attached hydrogens (tertiary/aromatic N) is 2. The SMILES string of the molecule is O=C(O)c1cc(Sc2ccncc2[N+](=O)[O-])ccc1Br.